The van der Waals surface area contributed by atoms with Gasteiger partial charge in [0.25, 0.3) is 0 Å². The first-order valence-corrected chi connectivity index (χ1v) is 11.6. The lowest BCUT2D eigenvalue weighted by molar-refractivity contribution is 0.255. The van der Waals surface area contributed by atoms with Gasteiger partial charge in [-0.2, -0.15) is 8.78 Å². The molecule has 1 aromatic rings. The molecule has 1 nitrogen and oxygen atoms in total. The zero-order valence-electron chi connectivity index (χ0n) is 18.3. The second-order valence-corrected chi connectivity index (χ2v) is 8.05. The Morgan fingerprint density at radius 2 is 0.733 bits per heavy atom. The van der Waals surface area contributed by atoms with Crippen molar-refractivity contribution in [1.82, 2.24) is 0 Å². The van der Waals surface area contributed by atoms with Crippen molar-refractivity contribution in [2.75, 3.05) is 6.61 Å². The van der Waals surface area contributed by atoms with Crippen molar-refractivity contribution in [3.63, 3.8) is 0 Å². The molecule has 0 aromatic heterocycles. The Bertz CT molecular complexity index is 562. The third-order valence-electron chi connectivity index (χ3n) is 5.41. The van der Waals surface area contributed by atoms with Crippen LogP contribution in [0.2, 0.25) is 0 Å². The van der Waals surface area contributed by atoms with Crippen LogP contribution in [0.4, 0.5) is 22.0 Å². The highest BCUT2D eigenvalue weighted by molar-refractivity contribution is 5.29. The quantitative estimate of drug-likeness (QED) is 0.0965. The van der Waals surface area contributed by atoms with Crippen LogP contribution in [0.5, 0.6) is 5.75 Å². The van der Waals surface area contributed by atoms with Crippen LogP contribution in [0.25, 0.3) is 0 Å². The van der Waals surface area contributed by atoms with Gasteiger partial charge in [0.1, 0.15) is 0 Å². The maximum Gasteiger partial charge on any atom is 0.206 e. The summed E-state index contributed by atoms with van der Waals surface area (Å²) < 4.78 is 70.9. The predicted octanol–water partition coefficient (Wildman–Crippen LogP) is 9.02. The normalized spacial score (nSPS) is 11.3. The molecule has 30 heavy (non-hydrogen) atoms. The van der Waals surface area contributed by atoms with E-state index in [1.54, 1.807) is 0 Å². The minimum atomic E-state index is -2.17. The highest BCUT2D eigenvalue weighted by atomic mass is 19.2. The summed E-state index contributed by atoms with van der Waals surface area (Å²) in [5.74, 6) is -11.1. The second kappa shape index (κ2) is 16.4. The van der Waals surface area contributed by atoms with Gasteiger partial charge in [0.2, 0.25) is 29.1 Å². The van der Waals surface area contributed by atoms with Gasteiger partial charge in [0, 0.05) is 0 Å². The fraction of sp³-hybridized carbons (Fsp3) is 0.750. The van der Waals surface area contributed by atoms with Crippen LogP contribution in [0.15, 0.2) is 0 Å². The molecular formula is C24H37F5O. The lowest BCUT2D eigenvalue weighted by Crippen LogP contribution is -2.08. The first-order valence-electron chi connectivity index (χ1n) is 11.6. The molecule has 0 aliphatic rings. The Labute approximate surface area is 178 Å². The van der Waals surface area contributed by atoms with Gasteiger partial charge in [-0.15, -0.1) is 0 Å². The molecule has 0 bridgehead atoms. The third-order valence-corrected chi connectivity index (χ3v) is 5.41. The van der Waals surface area contributed by atoms with Crippen LogP contribution in [0.1, 0.15) is 110 Å². The standard InChI is InChI=1S/C24H37F5O/c1-2-3-4-5-6-7-8-9-10-11-12-13-14-15-16-17-18-30-24-22(28)20(26)19(25)21(27)23(24)29/h2-18H2,1H3. The summed E-state index contributed by atoms with van der Waals surface area (Å²) in [7, 11) is 0. The van der Waals surface area contributed by atoms with Crippen molar-refractivity contribution in [3.05, 3.63) is 29.1 Å². The molecule has 0 radical (unpaired) electrons. The Kier molecular flexibility index (Phi) is 14.6. The van der Waals surface area contributed by atoms with Crippen molar-refractivity contribution in [1.29, 1.82) is 0 Å². The lowest BCUT2D eigenvalue weighted by Gasteiger charge is -2.10. The summed E-state index contributed by atoms with van der Waals surface area (Å²) in [5.41, 5.74) is 0. The van der Waals surface area contributed by atoms with E-state index in [-0.39, 0.29) is 6.61 Å². The average Bonchev–Trinajstić information content (AvgIpc) is 2.75. The molecule has 174 valence electrons. The summed E-state index contributed by atoms with van der Waals surface area (Å²) in [6.07, 6.45) is 19.1. The van der Waals surface area contributed by atoms with Gasteiger partial charge in [0.15, 0.2) is 5.75 Å². The molecule has 1 aromatic carbocycles. The fourth-order valence-electron chi connectivity index (χ4n) is 3.54. The van der Waals surface area contributed by atoms with Gasteiger partial charge >= 0.3 is 0 Å². The molecular weight excluding hydrogens is 399 g/mol. The molecule has 0 unspecified atom stereocenters. The molecule has 0 atom stereocenters. The first-order chi connectivity index (χ1) is 14.5. The molecule has 0 spiro atoms. The van der Waals surface area contributed by atoms with Gasteiger partial charge in [-0.1, -0.05) is 103 Å². The van der Waals surface area contributed by atoms with Crippen molar-refractivity contribution in [2.24, 2.45) is 0 Å². The Balaban J connectivity index is 1.95. The van der Waals surface area contributed by atoms with E-state index in [0.29, 0.717) is 6.42 Å². The van der Waals surface area contributed by atoms with Crippen LogP contribution < -0.4 is 4.74 Å². The summed E-state index contributed by atoms with van der Waals surface area (Å²) in [6, 6.07) is 0. The highest BCUT2D eigenvalue weighted by Gasteiger charge is 2.26. The van der Waals surface area contributed by atoms with Crippen molar-refractivity contribution in [3.8, 4) is 5.75 Å². The third kappa shape index (κ3) is 10.1. The number of unbranched alkanes of at least 4 members (excludes halogenated alkanes) is 15. The lowest BCUT2D eigenvalue weighted by atomic mass is 10.0. The summed E-state index contributed by atoms with van der Waals surface area (Å²) in [5, 5.41) is 0. The van der Waals surface area contributed by atoms with Gasteiger partial charge in [-0.3, -0.25) is 0 Å². The summed E-state index contributed by atoms with van der Waals surface area (Å²) in [6.45, 7) is 2.17. The second-order valence-electron chi connectivity index (χ2n) is 8.05. The Morgan fingerprint density at radius 1 is 0.433 bits per heavy atom. The minimum absolute atomic E-state index is 0.0726. The van der Waals surface area contributed by atoms with Gasteiger partial charge in [-0.25, -0.2) is 13.2 Å². The van der Waals surface area contributed by atoms with E-state index in [2.05, 4.69) is 6.92 Å². The van der Waals surface area contributed by atoms with Crippen molar-refractivity contribution < 1.29 is 26.7 Å². The summed E-state index contributed by atoms with van der Waals surface area (Å²) in [4.78, 5) is 0. The molecule has 0 heterocycles. The van der Waals surface area contributed by atoms with Crippen LogP contribution in [-0.4, -0.2) is 6.61 Å². The number of hydrogen-bond acceptors (Lipinski definition) is 1. The van der Waals surface area contributed by atoms with Crippen molar-refractivity contribution in [2.45, 2.75) is 110 Å². The molecule has 1 rings (SSSR count). The molecule has 0 N–H and O–H groups in total. The monoisotopic (exact) mass is 436 g/mol. The largest absolute Gasteiger partial charge is 0.487 e. The fourth-order valence-corrected chi connectivity index (χ4v) is 3.54. The minimum Gasteiger partial charge on any atom is -0.487 e. The predicted molar refractivity (Wildman–Crippen MR) is 111 cm³/mol. The van der Waals surface area contributed by atoms with E-state index in [1.165, 1.54) is 70.6 Å². The molecule has 6 heteroatoms. The van der Waals surface area contributed by atoms with Crippen LogP contribution in [0, 0.1) is 29.1 Å². The maximum atomic E-state index is 13.5. The van der Waals surface area contributed by atoms with Crippen LogP contribution in [0.3, 0.4) is 0 Å². The van der Waals surface area contributed by atoms with E-state index in [4.69, 9.17) is 4.74 Å². The van der Waals surface area contributed by atoms with Gasteiger partial charge in [-0.05, 0) is 6.42 Å². The molecule has 0 saturated carbocycles. The van der Waals surface area contributed by atoms with E-state index >= 15 is 0 Å². The smallest absolute Gasteiger partial charge is 0.206 e. The molecule has 0 aliphatic carbocycles. The number of benzene rings is 1. The number of hydrogen-bond donors (Lipinski definition) is 0. The number of rotatable bonds is 18. The van der Waals surface area contributed by atoms with E-state index in [1.807, 2.05) is 0 Å². The zero-order chi connectivity index (χ0) is 22.2. The first kappa shape index (κ1) is 26.7. The van der Waals surface area contributed by atoms with E-state index in [9.17, 15) is 22.0 Å². The van der Waals surface area contributed by atoms with E-state index in [0.717, 1.165) is 25.7 Å². The Morgan fingerprint density at radius 3 is 1.10 bits per heavy atom. The highest BCUT2D eigenvalue weighted by Crippen LogP contribution is 2.29. The SMILES string of the molecule is CCCCCCCCCCCCCCCCCCOc1c(F)c(F)c(F)c(F)c1F. The molecule has 0 amide bonds. The molecule has 0 saturated heterocycles. The van der Waals surface area contributed by atoms with Crippen LogP contribution >= 0.6 is 0 Å². The topological polar surface area (TPSA) is 9.23 Å². The number of halogens is 5. The molecule has 0 fully saturated rings. The Hall–Kier alpha value is -1.33. The average molecular weight is 437 g/mol. The summed E-state index contributed by atoms with van der Waals surface area (Å²) >= 11 is 0. The van der Waals surface area contributed by atoms with Gasteiger partial charge in [0.05, 0.1) is 6.61 Å². The number of ether oxygens (including phenoxy) is 1. The van der Waals surface area contributed by atoms with Crippen molar-refractivity contribution >= 4 is 0 Å². The molecule has 0 aliphatic heterocycles. The van der Waals surface area contributed by atoms with E-state index < -0.39 is 34.8 Å². The maximum absolute atomic E-state index is 13.5. The zero-order valence-corrected chi connectivity index (χ0v) is 18.3. The van der Waals surface area contributed by atoms with Gasteiger partial charge < -0.3 is 4.74 Å². The van der Waals surface area contributed by atoms with Crippen LogP contribution in [-0.2, 0) is 0 Å².